The van der Waals surface area contributed by atoms with E-state index in [1.165, 1.54) is 0 Å². The SMILES string of the molecule is COc1ccccc1[C@@H]1Cc2c(C(=O)NCC(C)C)c(=O)cc(C)n2-c2ccc(Cl)cc2S1. The Hall–Kier alpha value is -2.70. The maximum atomic E-state index is 13.2. The Morgan fingerprint density at radius 2 is 2.00 bits per heavy atom. The van der Waals surface area contributed by atoms with Gasteiger partial charge in [0.25, 0.3) is 5.91 Å². The lowest BCUT2D eigenvalue weighted by atomic mass is 10.0. The number of carbonyl (C=O) groups is 1. The molecule has 0 saturated heterocycles. The molecule has 5 nitrogen and oxygen atoms in total. The largest absolute Gasteiger partial charge is 0.496 e. The van der Waals surface area contributed by atoms with Crippen molar-refractivity contribution in [2.24, 2.45) is 5.92 Å². The molecule has 1 aliphatic rings. The monoisotopic (exact) mass is 482 g/mol. The van der Waals surface area contributed by atoms with Gasteiger partial charge in [0.05, 0.1) is 12.8 Å². The molecular weight excluding hydrogens is 456 g/mol. The van der Waals surface area contributed by atoms with Crippen LogP contribution in [-0.2, 0) is 6.42 Å². The Morgan fingerprint density at radius 3 is 2.73 bits per heavy atom. The maximum absolute atomic E-state index is 13.2. The third-order valence-corrected chi connectivity index (χ3v) is 7.21. The number of aromatic nitrogens is 1. The minimum atomic E-state index is -0.335. The average Bonchev–Trinajstić information content (AvgIpc) is 2.94. The van der Waals surface area contributed by atoms with Gasteiger partial charge in [0.1, 0.15) is 11.3 Å². The van der Waals surface area contributed by atoms with Crippen LogP contribution in [0.25, 0.3) is 5.69 Å². The minimum Gasteiger partial charge on any atom is -0.496 e. The van der Waals surface area contributed by atoms with Gasteiger partial charge < -0.3 is 14.6 Å². The number of methoxy groups -OCH3 is 1. The Labute approximate surface area is 203 Å². The fourth-order valence-electron chi connectivity index (χ4n) is 4.19. The van der Waals surface area contributed by atoms with Crippen LogP contribution in [0.15, 0.2) is 58.2 Å². The van der Waals surface area contributed by atoms with Crippen molar-refractivity contribution in [3.63, 3.8) is 0 Å². The molecule has 2 aromatic carbocycles. The van der Waals surface area contributed by atoms with E-state index in [2.05, 4.69) is 5.32 Å². The van der Waals surface area contributed by atoms with E-state index in [1.54, 1.807) is 24.9 Å². The van der Waals surface area contributed by atoms with E-state index in [1.807, 2.05) is 67.8 Å². The molecule has 172 valence electrons. The van der Waals surface area contributed by atoms with Gasteiger partial charge in [-0.2, -0.15) is 0 Å². The third-order valence-electron chi connectivity index (χ3n) is 5.69. The van der Waals surface area contributed by atoms with Gasteiger partial charge in [-0.25, -0.2) is 0 Å². The van der Waals surface area contributed by atoms with Gasteiger partial charge >= 0.3 is 0 Å². The molecule has 0 bridgehead atoms. The predicted molar refractivity (Wildman–Crippen MR) is 134 cm³/mol. The first kappa shape index (κ1) is 23.5. The normalized spacial score (nSPS) is 14.9. The number of ether oxygens (including phenoxy) is 1. The molecule has 0 aliphatic carbocycles. The highest BCUT2D eigenvalue weighted by Crippen LogP contribution is 2.47. The van der Waals surface area contributed by atoms with Crippen LogP contribution in [0.4, 0.5) is 0 Å². The molecule has 0 saturated carbocycles. The molecule has 33 heavy (non-hydrogen) atoms. The Balaban J connectivity index is 1.97. The summed E-state index contributed by atoms with van der Waals surface area (Å²) in [5, 5.41) is 3.49. The smallest absolute Gasteiger partial charge is 0.257 e. The van der Waals surface area contributed by atoms with Crippen LogP contribution in [0.3, 0.4) is 0 Å². The summed E-state index contributed by atoms with van der Waals surface area (Å²) >= 11 is 8.03. The summed E-state index contributed by atoms with van der Waals surface area (Å²) in [6.45, 7) is 6.45. The van der Waals surface area contributed by atoms with Crippen LogP contribution < -0.4 is 15.5 Å². The first-order valence-electron chi connectivity index (χ1n) is 10.9. The number of halogens is 1. The summed E-state index contributed by atoms with van der Waals surface area (Å²) in [7, 11) is 1.65. The molecule has 7 heteroatoms. The number of pyridine rings is 1. The average molecular weight is 483 g/mol. The molecule has 1 atom stereocenters. The van der Waals surface area contributed by atoms with Crippen molar-refractivity contribution in [2.45, 2.75) is 37.3 Å². The number of hydrogen-bond acceptors (Lipinski definition) is 4. The van der Waals surface area contributed by atoms with Crippen molar-refractivity contribution >= 4 is 29.3 Å². The second-order valence-corrected chi connectivity index (χ2v) is 10.3. The number of nitrogens with one attached hydrogen (secondary N) is 1. The highest BCUT2D eigenvalue weighted by atomic mass is 35.5. The lowest BCUT2D eigenvalue weighted by Crippen LogP contribution is -2.34. The summed E-state index contributed by atoms with van der Waals surface area (Å²) in [5.74, 6) is 0.715. The molecule has 1 N–H and O–H groups in total. The van der Waals surface area contributed by atoms with Crippen LogP contribution in [0.5, 0.6) is 5.75 Å². The lowest BCUT2D eigenvalue weighted by Gasteiger charge is -2.21. The molecule has 1 aliphatic heterocycles. The van der Waals surface area contributed by atoms with Crippen LogP contribution in [-0.4, -0.2) is 24.1 Å². The first-order valence-corrected chi connectivity index (χ1v) is 12.2. The van der Waals surface area contributed by atoms with Crippen LogP contribution in [0.1, 0.15) is 46.4 Å². The molecule has 4 rings (SSSR count). The second kappa shape index (κ2) is 9.65. The fourth-order valence-corrected chi connectivity index (χ4v) is 5.78. The topological polar surface area (TPSA) is 60.3 Å². The van der Waals surface area contributed by atoms with Crippen molar-refractivity contribution in [3.8, 4) is 11.4 Å². The van der Waals surface area contributed by atoms with Gasteiger partial charge in [-0.3, -0.25) is 9.59 Å². The predicted octanol–water partition coefficient (Wildman–Crippen LogP) is 5.58. The van der Waals surface area contributed by atoms with Gasteiger partial charge in [-0.15, -0.1) is 11.8 Å². The van der Waals surface area contributed by atoms with Crippen molar-refractivity contribution in [1.29, 1.82) is 0 Å². The van der Waals surface area contributed by atoms with E-state index in [0.717, 1.165) is 27.6 Å². The number of thioether (sulfide) groups is 1. The highest BCUT2D eigenvalue weighted by molar-refractivity contribution is 7.99. The molecular formula is C26H27ClN2O3S. The highest BCUT2D eigenvalue weighted by Gasteiger charge is 2.30. The molecule has 0 radical (unpaired) electrons. The van der Waals surface area contributed by atoms with Gasteiger partial charge in [0.15, 0.2) is 5.43 Å². The summed E-state index contributed by atoms with van der Waals surface area (Å²) in [5.41, 5.74) is 3.33. The Kier molecular flexibility index (Phi) is 6.86. The van der Waals surface area contributed by atoms with Crippen LogP contribution in [0.2, 0.25) is 5.02 Å². The van der Waals surface area contributed by atoms with E-state index >= 15 is 0 Å². The van der Waals surface area contributed by atoms with Crippen molar-refractivity contribution in [1.82, 2.24) is 9.88 Å². The summed E-state index contributed by atoms with van der Waals surface area (Å²) in [6, 6.07) is 15.1. The van der Waals surface area contributed by atoms with Gasteiger partial charge in [0, 0.05) is 51.2 Å². The molecule has 0 fully saturated rings. The molecule has 1 amide bonds. The number of benzene rings is 2. The Morgan fingerprint density at radius 1 is 1.24 bits per heavy atom. The van der Waals surface area contributed by atoms with Crippen molar-refractivity contribution in [2.75, 3.05) is 13.7 Å². The molecule has 1 aromatic heterocycles. The van der Waals surface area contributed by atoms with Crippen molar-refractivity contribution < 1.29 is 9.53 Å². The third kappa shape index (κ3) is 4.68. The summed E-state index contributed by atoms with van der Waals surface area (Å²) in [4.78, 5) is 27.3. The lowest BCUT2D eigenvalue weighted by molar-refractivity contribution is 0.0946. The summed E-state index contributed by atoms with van der Waals surface area (Å²) < 4.78 is 7.67. The van der Waals surface area contributed by atoms with E-state index in [0.29, 0.717) is 23.7 Å². The van der Waals surface area contributed by atoms with Gasteiger partial charge in [-0.1, -0.05) is 43.6 Å². The number of carbonyl (C=O) groups excluding carboxylic acids is 1. The standard InChI is InChI=1S/C26H27ClN2O3S/c1-15(2)14-28-26(31)25-20-13-23(18-7-5-6-8-22(18)32-4)33-24-12-17(27)9-10-19(24)29(20)16(3)11-21(25)30/h5-12,15,23H,13-14H2,1-4H3,(H,28,31)/t23-/m0/s1. The molecule has 3 aromatic rings. The van der Waals surface area contributed by atoms with Crippen LogP contribution >= 0.6 is 23.4 Å². The quantitative estimate of drug-likeness (QED) is 0.515. The fraction of sp³-hybridized carbons (Fsp3) is 0.308. The number of amides is 1. The molecule has 0 unspecified atom stereocenters. The first-order chi connectivity index (χ1) is 15.8. The number of para-hydroxylation sites is 1. The van der Waals surface area contributed by atoms with E-state index < -0.39 is 0 Å². The van der Waals surface area contributed by atoms with Crippen molar-refractivity contribution in [3.05, 3.63) is 86.3 Å². The second-order valence-electron chi connectivity index (χ2n) is 8.58. The van der Waals surface area contributed by atoms with Gasteiger partial charge in [0.2, 0.25) is 0 Å². The zero-order chi connectivity index (χ0) is 23.7. The number of aryl methyl sites for hydroxylation is 1. The zero-order valence-corrected chi connectivity index (χ0v) is 20.7. The number of hydrogen-bond donors (Lipinski definition) is 1. The molecule has 2 heterocycles. The van der Waals surface area contributed by atoms with E-state index in [-0.39, 0.29) is 28.1 Å². The molecule has 0 spiro atoms. The maximum Gasteiger partial charge on any atom is 0.257 e. The summed E-state index contributed by atoms with van der Waals surface area (Å²) in [6.07, 6.45) is 0.485. The van der Waals surface area contributed by atoms with E-state index in [4.69, 9.17) is 16.3 Å². The minimum absolute atomic E-state index is 0.0787. The van der Waals surface area contributed by atoms with Gasteiger partial charge in [-0.05, 0) is 37.1 Å². The number of rotatable bonds is 5. The zero-order valence-electron chi connectivity index (χ0n) is 19.1. The van der Waals surface area contributed by atoms with Crippen LogP contribution in [0, 0.1) is 12.8 Å². The van der Waals surface area contributed by atoms with E-state index in [9.17, 15) is 9.59 Å². The Bertz CT molecular complexity index is 1270. The number of fused-ring (bicyclic) bond motifs is 3. The number of nitrogens with zero attached hydrogens (tertiary/aromatic N) is 1.